The minimum atomic E-state index is -1.62. The number of nitrogens with zero attached hydrogens (tertiary/aromatic N) is 1. The lowest BCUT2D eigenvalue weighted by molar-refractivity contribution is -0.143. The van der Waals surface area contributed by atoms with Crippen LogP contribution in [0.1, 0.15) is 31.4 Å². The van der Waals surface area contributed by atoms with Gasteiger partial charge in [0.25, 0.3) is 0 Å². The highest BCUT2D eigenvalue weighted by molar-refractivity contribution is 5.95. The predicted molar refractivity (Wildman–Crippen MR) is 117 cm³/mol. The van der Waals surface area contributed by atoms with E-state index in [1.165, 1.54) is 12.5 Å². The average molecular weight is 485 g/mol. The predicted octanol–water partition coefficient (Wildman–Crippen LogP) is -4.18. The van der Waals surface area contributed by atoms with E-state index >= 15 is 0 Å². The van der Waals surface area contributed by atoms with Crippen LogP contribution in [0.15, 0.2) is 12.5 Å². The lowest BCUT2D eigenvalue weighted by Gasteiger charge is -2.24. The van der Waals surface area contributed by atoms with Gasteiger partial charge in [0.1, 0.15) is 18.1 Å². The summed E-state index contributed by atoms with van der Waals surface area (Å²) >= 11 is 0. The second kappa shape index (κ2) is 14.6. The molecule has 0 spiro atoms. The Morgan fingerprint density at radius 1 is 1.00 bits per heavy atom. The Kier molecular flexibility index (Phi) is 12.2. The second-order valence-corrected chi connectivity index (χ2v) is 7.55. The maximum Gasteiger partial charge on any atom is 0.326 e. The molecule has 0 aliphatic carbocycles. The molecule has 0 saturated heterocycles. The SMILES string of the molecule is NCCCCC(N)C(=O)NC(CO)C(=O)NC(Cc1cnc[nH]1)C(=O)NC(CC(N)=O)C(=O)O. The second-order valence-electron chi connectivity index (χ2n) is 7.55. The topological polar surface area (TPSA) is 269 Å². The number of carbonyl (C=O) groups excluding carboxylic acids is 4. The highest BCUT2D eigenvalue weighted by Gasteiger charge is 2.31. The molecule has 190 valence electrons. The van der Waals surface area contributed by atoms with Crippen molar-refractivity contribution in [1.29, 1.82) is 0 Å². The fraction of sp³-hybridized carbons (Fsp3) is 0.579. The molecule has 34 heavy (non-hydrogen) atoms. The van der Waals surface area contributed by atoms with Crippen LogP contribution in [0.2, 0.25) is 0 Å². The van der Waals surface area contributed by atoms with Gasteiger partial charge in [0, 0.05) is 18.3 Å². The first-order valence-corrected chi connectivity index (χ1v) is 10.5. The number of H-pyrrole nitrogens is 1. The minimum absolute atomic E-state index is 0.134. The molecule has 1 aromatic rings. The number of primary amides is 1. The number of aromatic amines is 1. The number of carboxylic acid groups (broad SMARTS) is 1. The van der Waals surface area contributed by atoms with Gasteiger partial charge >= 0.3 is 5.97 Å². The van der Waals surface area contributed by atoms with Crippen molar-refractivity contribution < 1.29 is 34.2 Å². The smallest absolute Gasteiger partial charge is 0.326 e. The minimum Gasteiger partial charge on any atom is -0.480 e. The van der Waals surface area contributed by atoms with Crippen molar-refractivity contribution in [3.8, 4) is 0 Å². The molecule has 0 aliphatic rings. The molecule has 1 aromatic heterocycles. The first kappa shape index (κ1) is 28.5. The molecule has 15 heteroatoms. The van der Waals surface area contributed by atoms with E-state index in [0.29, 0.717) is 31.5 Å². The van der Waals surface area contributed by atoms with Crippen LogP contribution in [0.25, 0.3) is 0 Å². The quantitative estimate of drug-likeness (QED) is 0.102. The van der Waals surface area contributed by atoms with Gasteiger partial charge in [-0.15, -0.1) is 0 Å². The van der Waals surface area contributed by atoms with Gasteiger partial charge in [-0.1, -0.05) is 6.42 Å². The summed E-state index contributed by atoms with van der Waals surface area (Å²) in [7, 11) is 0. The van der Waals surface area contributed by atoms with Gasteiger partial charge in [-0.05, 0) is 19.4 Å². The molecule has 4 amide bonds. The van der Waals surface area contributed by atoms with Gasteiger partial charge in [-0.2, -0.15) is 0 Å². The third-order valence-electron chi connectivity index (χ3n) is 4.75. The van der Waals surface area contributed by atoms with Crippen LogP contribution >= 0.6 is 0 Å². The van der Waals surface area contributed by atoms with Crippen molar-refractivity contribution in [3.05, 3.63) is 18.2 Å². The highest BCUT2D eigenvalue weighted by Crippen LogP contribution is 2.03. The molecule has 4 atom stereocenters. The van der Waals surface area contributed by atoms with E-state index in [4.69, 9.17) is 17.2 Å². The molecule has 1 heterocycles. The van der Waals surface area contributed by atoms with Crippen molar-refractivity contribution in [2.24, 2.45) is 17.2 Å². The summed E-state index contributed by atoms with van der Waals surface area (Å²) in [6.07, 6.45) is 3.52. The Morgan fingerprint density at radius 3 is 2.15 bits per heavy atom. The van der Waals surface area contributed by atoms with E-state index in [2.05, 4.69) is 25.9 Å². The number of imidazole rings is 1. The maximum atomic E-state index is 12.7. The number of amides is 4. The average Bonchev–Trinajstić information content (AvgIpc) is 3.29. The Balaban J connectivity index is 2.90. The number of aliphatic hydroxyl groups is 1. The lowest BCUT2D eigenvalue weighted by atomic mass is 10.1. The maximum absolute atomic E-state index is 12.7. The van der Waals surface area contributed by atoms with Gasteiger partial charge in [-0.3, -0.25) is 19.2 Å². The number of rotatable bonds is 16. The molecule has 12 N–H and O–H groups in total. The van der Waals surface area contributed by atoms with E-state index in [9.17, 15) is 34.2 Å². The molecule has 0 fully saturated rings. The van der Waals surface area contributed by atoms with Crippen molar-refractivity contribution >= 4 is 29.6 Å². The van der Waals surface area contributed by atoms with Gasteiger partial charge in [-0.25, -0.2) is 9.78 Å². The molecule has 0 aromatic carbocycles. The number of hydrogen-bond acceptors (Lipinski definition) is 9. The number of unbranched alkanes of at least 4 members (excludes halogenated alkanes) is 1. The van der Waals surface area contributed by atoms with Crippen molar-refractivity contribution in [2.45, 2.75) is 56.3 Å². The van der Waals surface area contributed by atoms with Crippen molar-refractivity contribution in [3.63, 3.8) is 0 Å². The zero-order valence-electron chi connectivity index (χ0n) is 18.5. The van der Waals surface area contributed by atoms with E-state index in [-0.39, 0.29) is 6.42 Å². The fourth-order valence-electron chi connectivity index (χ4n) is 2.88. The first-order chi connectivity index (χ1) is 16.1. The summed E-state index contributed by atoms with van der Waals surface area (Å²) in [5.74, 6) is -4.96. The molecule has 0 saturated carbocycles. The Bertz CT molecular complexity index is 833. The number of nitrogens with two attached hydrogens (primary N) is 3. The van der Waals surface area contributed by atoms with Crippen LogP contribution in [0.4, 0.5) is 0 Å². The third-order valence-corrected chi connectivity index (χ3v) is 4.75. The number of carbonyl (C=O) groups is 5. The van der Waals surface area contributed by atoms with Crippen molar-refractivity contribution in [2.75, 3.05) is 13.2 Å². The summed E-state index contributed by atoms with van der Waals surface area (Å²) in [6, 6.07) is -5.31. The lowest BCUT2D eigenvalue weighted by Crippen LogP contribution is -2.58. The van der Waals surface area contributed by atoms with Crippen LogP contribution in [-0.2, 0) is 30.4 Å². The van der Waals surface area contributed by atoms with Crippen LogP contribution in [0.5, 0.6) is 0 Å². The zero-order valence-corrected chi connectivity index (χ0v) is 18.5. The molecule has 1 rings (SSSR count). The number of hydrogen-bond donors (Lipinski definition) is 9. The summed E-state index contributed by atoms with van der Waals surface area (Å²) in [6.45, 7) is -0.344. The summed E-state index contributed by atoms with van der Waals surface area (Å²) in [5, 5.41) is 25.6. The number of aliphatic carboxylic acids is 1. The standard InChI is InChI=1S/C19H32N8O7/c20-4-2-1-3-11(21)16(30)27-14(8-28)18(32)25-12(5-10-7-23-9-24-10)17(31)26-13(19(33)34)6-15(22)29/h7,9,11-14,28H,1-6,8,20-21H2,(H2,22,29)(H,23,24)(H,25,32)(H,26,31)(H,27,30)(H,33,34). The first-order valence-electron chi connectivity index (χ1n) is 10.5. The number of carboxylic acids is 1. The van der Waals surface area contributed by atoms with Gasteiger partial charge < -0.3 is 48.3 Å². The molecule has 0 radical (unpaired) electrons. The molecule has 4 unspecified atom stereocenters. The zero-order chi connectivity index (χ0) is 25.7. The normalized spacial score (nSPS) is 14.3. The number of nitrogens with one attached hydrogen (secondary N) is 4. The van der Waals surface area contributed by atoms with E-state index in [1.807, 2.05) is 0 Å². The molecule has 0 aliphatic heterocycles. The van der Waals surface area contributed by atoms with E-state index < -0.39 is 66.8 Å². The number of aromatic nitrogens is 2. The van der Waals surface area contributed by atoms with Gasteiger partial charge in [0.15, 0.2) is 0 Å². The van der Waals surface area contributed by atoms with Gasteiger partial charge in [0.2, 0.25) is 23.6 Å². The monoisotopic (exact) mass is 484 g/mol. The molecular weight excluding hydrogens is 452 g/mol. The van der Waals surface area contributed by atoms with Crippen LogP contribution < -0.4 is 33.2 Å². The molecule has 0 bridgehead atoms. The van der Waals surface area contributed by atoms with Gasteiger partial charge in [0.05, 0.1) is 25.4 Å². The van der Waals surface area contributed by atoms with E-state index in [0.717, 1.165) is 0 Å². The fourth-order valence-corrected chi connectivity index (χ4v) is 2.88. The Labute approximate surface area is 195 Å². The molecule has 15 nitrogen and oxygen atoms in total. The van der Waals surface area contributed by atoms with Crippen molar-refractivity contribution in [1.82, 2.24) is 25.9 Å². The summed E-state index contributed by atoms with van der Waals surface area (Å²) < 4.78 is 0. The highest BCUT2D eigenvalue weighted by atomic mass is 16.4. The Hall–Kier alpha value is -3.56. The van der Waals surface area contributed by atoms with Crippen LogP contribution in [0, 0.1) is 0 Å². The Morgan fingerprint density at radius 2 is 1.62 bits per heavy atom. The van der Waals surface area contributed by atoms with Crippen LogP contribution in [-0.4, -0.2) is 87.1 Å². The summed E-state index contributed by atoms with van der Waals surface area (Å²) in [5.41, 5.74) is 16.6. The number of aliphatic hydroxyl groups excluding tert-OH is 1. The van der Waals surface area contributed by atoms with Crippen LogP contribution in [0.3, 0.4) is 0 Å². The molecular formula is C19H32N8O7. The third kappa shape index (κ3) is 9.93. The summed E-state index contributed by atoms with van der Waals surface area (Å²) in [4.78, 5) is 66.7. The van der Waals surface area contributed by atoms with E-state index in [1.54, 1.807) is 0 Å². The largest absolute Gasteiger partial charge is 0.480 e.